The molecule has 5 rings (SSSR count). The van der Waals surface area contributed by atoms with Crippen molar-refractivity contribution in [1.82, 2.24) is 24.3 Å². The molecule has 9 heteroatoms. The third kappa shape index (κ3) is 4.34. The molecule has 3 aromatic heterocycles. The second kappa shape index (κ2) is 8.16. The van der Waals surface area contributed by atoms with Gasteiger partial charge in [-0.2, -0.15) is 5.10 Å². The van der Waals surface area contributed by atoms with Crippen LogP contribution in [0.25, 0.3) is 11.0 Å². The number of nitrogens with one attached hydrogen (secondary N) is 1. The Kier molecular flexibility index (Phi) is 5.16. The summed E-state index contributed by atoms with van der Waals surface area (Å²) in [6.45, 7) is 1.53. The highest BCUT2D eigenvalue weighted by molar-refractivity contribution is 5.81. The van der Waals surface area contributed by atoms with Crippen LogP contribution in [-0.4, -0.2) is 30.1 Å². The number of anilines is 2. The Bertz CT molecular complexity index is 1430. The third-order valence-corrected chi connectivity index (χ3v) is 5.63. The third-order valence-electron chi connectivity index (χ3n) is 5.63. The molecule has 0 saturated heterocycles. The summed E-state index contributed by atoms with van der Waals surface area (Å²) < 4.78 is 9.26. The van der Waals surface area contributed by atoms with Crippen molar-refractivity contribution in [1.29, 1.82) is 0 Å². The molecule has 0 bridgehead atoms. The average molecular weight is 444 g/mol. The number of hydrogen-bond donors (Lipinski definition) is 1. The smallest absolute Gasteiger partial charge is 0.290 e. The minimum Gasteiger partial charge on any atom is -0.457 e. The molecule has 3 heterocycles. The van der Waals surface area contributed by atoms with E-state index in [0.29, 0.717) is 34.7 Å². The highest BCUT2D eigenvalue weighted by atomic mass is 16.5. The molecule has 168 valence electrons. The first-order valence-electron chi connectivity index (χ1n) is 10.8. The van der Waals surface area contributed by atoms with E-state index in [2.05, 4.69) is 20.4 Å². The molecule has 0 radical (unpaired) electrons. The molecule has 0 amide bonds. The lowest BCUT2D eigenvalue weighted by atomic mass is 10.2. The molecule has 0 aliphatic heterocycles. The van der Waals surface area contributed by atoms with Crippen molar-refractivity contribution < 1.29 is 9.53 Å². The summed E-state index contributed by atoms with van der Waals surface area (Å²) in [6, 6.07) is 10.9. The van der Waals surface area contributed by atoms with Crippen LogP contribution in [0, 0.1) is 0 Å². The number of Topliss-reactive ketones (excluding diaryl/α,β-unsaturated/α-hetero) is 1. The SMILES string of the molecule is CC(=O)Cc1cc(Oc2ccc3nc(Nc4cc(C5CC5)nn(C)c4=O)n(C)c3c2)ccn1. The number of fused-ring (bicyclic) bond motifs is 1. The number of ether oxygens (including phenoxy) is 1. The summed E-state index contributed by atoms with van der Waals surface area (Å²) in [6.07, 6.45) is 4.11. The molecule has 9 nitrogen and oxygen atoms in total. The standard InChI is InChI=1S/C24H24N6O3/c1-14(31)10-16-11-18(8-9-25-16)33-17-6-7-19-22(12-17)29(2)24(26-19)27-21-13-20(15-4-5-15)28-30(3)23(21)32/h6-9,11-13,15H,4-5,10H2,1-3H3,(H,26,27). The molecule has 1 aliphatic carbocycles. The predicted octanol–water partition coefficient (Wildman–Crippen LogP) is 3.61. The first-order chi connectivity index (χ1) is 15.9. The van der Waals surface area contributed by atoms with Gasteiger partial charge in [0.15, 0.2) is 0 Å². The Hall–Kier alpha value is -4.01. The van der Waals surface area contributed by atoms with Gasteiger partial charge in [-0.15, -0.1) is 0 Å². The topological polar surface area (TPSA) is 104 Å². The monoisotopic (exact) mass is 444 g/mol. The summed E-state index contributed by atoms with van der Waals surface area (Å²) in [5, 5.41) is 7.56. The van der Waals surface area contributed by atoms with Crippen molar-refractivity contribution in [2.45, 2.75) is 32.1 Å². The molecule has 1 aromatic carbocycles. The van der Waals surface area contributed by atoms with E-state index in [0.717, 1.165) is 29.6 Å². The van der Waals surface area contributed by atoms with Crippen molar-refractivity contribution in [3.8, 4) is 11.5 Å². The Morgan fingerprint density at radius 1 is 1.15 bits per heavy atom. The zero-order chi connectivity index (χ0) is 23.1. The lowest BCUT2D eigenvalue weighted by Crippen LogP contribution is -2.23. The van der Waals surface area contributed by atoms with Gasteiger partial charge in [-0.1, -0.05) is 0 Å². The first kappa shape index (κ1) is 20.9. The van der Waals surface area contributed by atoms with Crippen molar-refractivity contribution >= 4 is 28.5 Å². The van der Waals surface area contributed by atoms with Gasteiger partial charge >= 0.3 is 0 Å². The van der Waals surface area contributed by atoms with Crippen molar-refractivity contribution in [2.24, 2.45) is 14.1 Å². The molecule has 0 unspecified atom stereocenters. The number of carbonyl (C=O) groups is 1. The predicted molar refractivity (Wildman–Crippen MR) is 124 cm³/mol. The van der Waals surface area contributed by atoms with Gasteiger partial charge in [0.25, 0.3) is 5.56 Å². The molecule has 1 N–H and O–H groups in total. The number of rotatable bonds is 7. The van der Waals surface area contributed by atoms with E-state index in [4.69, 9.17) is 4.74 Å². The maximum atomic E-state index is 12.6. The number of benzene rings is 1. The van der Waals surface area contributed by atoms with E-state index in [-0.39, 0.29) is 17.8 Å². The lowest BCUT2D eigenvalue weighted by molar-refractivity contribution is -0.116. The molecule has 0 atom stereocenters. The van der Waals surface area contributed by atoms with Crippen LogP contribution in [0.5, 0.6) is 11.5 Å². The van der Waals surface area contributed by atoms with Crippen LogP contribution >= 0.6 is 0 Å². The van der Waals surface area contributed by atoms with Gasteiger partial charge in [0.05, 0.1) is 22.4 Å². The summed E-state index contributed by atoms with van der Waals surface area (Å²) in [4.78, 5) is 32.8. The summed E-state index contributed by atoms with van der Waals surface area (Å²) in [7, 11) is 3.55. The number of carbonyl (C=O) groups excluding carboxylic acids is 1. The lowest BCUT2D eigenvalue weighted by Gasteiger charge is -2.09. The van der Waals surface area contributed by atoms with E-state index in [1.807, 2.05) is 35.9 Å². The molecule has 1 fully saturated rings. The van der Waals surface area contributed by atoms with Crippen LogP contribution in [0.4, 0.5) is 11.6 Å². The highest BCUT2D eigenvalue weighted by Crippen LogP contribution is 2.39. The van der Waals surface area contributed by atoms with Crippen molar-refractivity contribution in [3.63, 3.8) is 0 Å². The number of ketones is 1. The number of nitrogens with zero attached hydrogens (tertiary/aromatic N) is 5. The maximum Gasteiger partial charge on any atom is 0.290 e. The van der Waals surface area contributed by atoms with Crippen LogP contribution < -0.4 is 15.6 Å². The Morgan fingerprint density at radius 2 is 1.94 bits per heavy atom. The van der Waals surface area contributed by atoms with Crippen LogP contribution in [0.15, 0.2) is 47.4 Å². The summed E-state index contributed by atoms with van der Waals surface area (Å²) in [5.41, 5.74) is 3.47. The zero-order valence-corrected chi connectivity index (χ0v) is 18.7. The van der Waals surface area contributed by atoms with E-state index >= 15 is 0 Å². The molecular formula is C24H24N6O3. The first-order valence-corrected chi connectivity index (χ1v) is 10.8. The van der Waals surface area contributed by atoms with Gasteiger partial charge in [0.1, 0.15) is 23.0 Å². The van der Waals surface area contributed by atoms with E-state index < -0.39 is 0 Å². The fourth-order valence-electron chi connectivity index (χ4n) is 3.77. The second-order valence-electron chi connectivity index (χ2n) is 8.42. The molecular weight excluding hydrogens is 420 g/mol. The molecule has 1 aliphatic rings. The Balaban J connectivity index is 1.43. The van der Waals surface area contributed by atoms with Gasteiger partial charge in [-0.25, -0.2) is 9.67 Å². The zero-order valence-electron chi connectivity index (χ0n) is 18.7. The minimum atomic E-state index is -0.200. The number of aromatic nitrogens is 5. The summed E-state index contributed by atoms with van der Waals surface area (Å²) in [5.74, 6) is 2.27. The van der Waals surface area contributed by atoms with Gasteiger partial charge in [0.2, 0.25) is 5.95 Å². The number of imidazole rings is 1. The van der Waals surface area contributed by atoms with E-state index in [1.54, 1.807) is 25.4 Å². The highest BCUT2D eigenvalue weighted by Gasteiger charge is 2.26. The number of pyridine rings is 1. The summed E-state index contributed by atoms with van der Waals surface area (Å²) >= 11 is 0. The average Bonchev–Trinajstić information content (AvgIpc) is 3.57. The maximum absolute atomic E-state index is 12.6. The largest absolute Gasteiger partial charge is 0.457 e. The molecule has 4 aromatic rings. The van der Waals surface area contributed by atoms with Crippen molar-refractivity contribution in [3.05, 3.63) is 64.3 Å². The van der Waals surface area contributed by atoms with Gasteiger partial charge in [-0.05, 0) is 44.0 Å². The second-order valence-corrected chi connectivity index (χ2v) is 8.42. The molecule has 0 spiro atoms. The van der Waals surface area contributed by atoms with Gasteiger partial charge in [0, 0.05) is 44.8 Å². The Labute approximate surface area is 190 Å². The van der Waals surface area contributed by atoms with E-state index in [1.165, 1.54) is 11.6 Å². The van der Waals surface area contributed by atoms with E-state index in [9.17, 15) is 9.59 Å². The molecule has 1 saturated carbocycles. The fraction of sp³-hybridized carbons (Fsp3) is 0.292. The minimum absolute atomic E-state index is 0.0456. The van der Waals surface area contributed by atoms with Crippen LogP contribution in [0.3, 0.4) is 0 Å². The van der Waals surface area contributed by atoms with Gasteiger partial charge in [-0.3, -0.25) is 14.6 Å². The fourth-order valence-corrected chi connectivity index (χ4v) is 3.77. The number of aryl methyl sites for hydroxylation is 2. The molecule has 33 heavy (non-hydrogen) atoms. The van der Waals surface area contributed by atoms with Crippen LogP contribution in [0.1, 0.15) is 37.1 Å². The van der Waals surface area contributed by atoms with Crippen LogP contribution in [0.2, 0.25) is 0 Å². The Morgan fingerprint density at radius 3 is 2.70 bits per heavy atom. The number of hydrogen-bond acceptors (Lipinski definition) is 7. The van der Waals surface area contributed by atoms with Crippen molar-refractivity contribution in [2.75, 3.05) is 5.32 Å². The quantitative estimate of drug-likeness (QED) is 0.464. The van der Waals surface area contributed by atoms with Gasteiger partial charge < -0.3 is 14.6 Å². The normalized spacial score (nSPS) is 13.3. The van der Waals surface area contributed by atoms with Crippen LogP contribution in [-0.2, 0) is 25.3 Å².